The Morgan fingerprint density at radius 1 is 1.17 bits per heavy atom. The molecule has 0 aliphatic carbocycles. The van der Waals surface area contributed by atoms with E-state index in [1.165, 1.54) is 4.90 Å². The fourth-order valence-corrected chi connectivity index (χ4v) is 2.85. The smallest absolute Gasteiger partial charge is 0.312 e. The zero-order valence-electron chi connectivity index (χ0n) is 12.6. The van der Waals surface area contributed by atoms with Crippen molar-refractivity contribution < 1.29 is 19.8 Å². The lowest BCUT2D eigenvalue weighted by atomic mass is 9.97. The zero-order valence-corrected chi connectivity index (χ0v) is 12.6. The van der Waals surface area contributed by atoms with Gasteiger partial charge < -0.3 is 15.1 Å². The predicted molar refractivity (Wildman–Crippen MR) is 84.0 cm³/mol. The number of aliphatic hydroxyl groups is 1. The molecular weight excluding hydrogens is 294 g/mol. The first-order chi connectivity index (χ1) is 11.0. The highest BCUT2D eigenvalue weighted by atomic mass is 16.4. The number of aliphatic carboxylic acids is 1. The van der Waals surface area contributed by atoms with Crippen LogP contribution in [0.15, 0.2) is 48.5 Å². The highest BCUT2D eigenvalue weighted by Gasteiger charge is 2.38. The summed E-state index contributed by atoms with van der Waals surface area (Å²) in [4.78, 5) is 25.3. The van der Waals surface area contributed by atoms with Crippen LogP contribution in [0.5, 0.6) is 0 Å². The molecule has 1 amide bonds. The molecule has 1 heterocycles. The van der Waals surface area contributed by atoms with Crippen molar-refractivity contribution in [1.82, 2.24) is 4.90 Å². The number of aliphatic hydroxyl groups excluding tert-OH is 1. The van der Waals surface area contributed by atoms with E-state index in [0.29, 0.717) is 16.7 Å². The molecule has 0 bridgehead atoms. The van der Waals surface area contributed by atoms with Crippen LogP contribution in [0.4, 0.5) is 0 Å². The standard InChI is InChI=1S/C18H17NO4/c1-11-6-8-12(9-7-11)15(18(22)23)10-19-16(20)13-4-2-3-5-14(13)17(19)21/h2-9,15-16,20H,10H2,1H3,(H,22,23)/t15-,16?/m0/s1. The second-order valence-electron chi connectivity index (χ2n) is 5.72. The summed E-state index contributed by atoms with van der Waals surface area (Å²) in [6.45, 7) is 1.84. The molecule has 2 aromatic rings. The minimum Gasteiger partial charge on any atom is -0.481 e. The molecule has 1 aliphatic heterocycles. The zero-order chi connectivity index (χ0) is 16.6. The Balaban J connectivity index is 1.89. The Morgan fingerprint density at radius 3 is 2.43 bits per heavy atom. The molecule has 1 unspecified atom stereocenters. The van der Waals surface area contributed by atoms with E-state index in [1.807, 2.05) is 19.1 Å². The topological polar surface area (TPSA) is 77.8 Å². The van der Waals surface area contributed by atoms with Crippen molar-refractivity contribution >= 4 is 11.9 Å². The Hall–Kier alpha value is -2.66. The van der Waals surface area contributed by atoms with Gasteiger partial charge in [-0.25, -0.2) is 0 Å². The average Bonchev–Trinajstić information content (AvgIpc) is 2.78. The van der Waals surface area contributed by atoms with Crippen LogP contribution in [-0.4, -0.2) is 33.5 Å². The number of rotatable bonds is 4. The van der Waals surface area contributed by atoms with Crippen LogP contribution in [0, 0.1) is 6.92 Å². The lowest BCUT2D eigenvalue weighted by Crippen LogP contribution is -2.35. The molecule has 118 valence electrons. The third-order valence-corrected chi connectivity index (χ3v) is 4.18. The maximum absolute atomic E-state index is 12.4. The summed E-state index contributed by atoms with van der Waals surface area (Å²) < 4.78 is 0. The second kappa shape index (κ2) is 5.85. The van der Waals surface area contributed by atoms with Gasteiger partial charge in [-0.2, -0.15) is 0 Å². The molecule has 0 fully saturated rings. The molecule has 0 radical (unpaired) electrons. The van der Waals surface area contributed by atoms with Crippen LogP contribution in [-0.2, 0) is 4.79 Å². The van der Waals surface area contributed by atoms with Gasteiger partial charge in [-0.3, -0.25) is 9.59 Å². The van der Waals surface area contributed by atoms with Crippen LogP contribution in [0.1, 0.15) is 39.2 Å². The summed E-state index contributed by atoms with van der Waals surface area (Å²) in [7, 11) is 0. The van der Waals surface area contributed by atoms with E-state index < -0.39 is 18.1 Å². The molecule has 0 spiro atoms. The second-order valence-corrected chi connectivity index (χ2v) is 5.72. The number of fused-ring (bicyclic) bond motifs is 1. The van der Waals surface area contributed by atoms with Crippen LogP contribution in [0.25, 0.3) is 0 Å². The number of hydrogen-bond acceptors (Lipinski definition) is 3. The molecule has 23 heavy (non-hydrogen) atoms. The summed E-state index contributed by atoms with van der Waals surface area (Å²) in [5.41, 5.74) is 2.58. The molecule has 0 saturated carbocycles. The van der Waals surface area contributed by atoms with Crippen LogP contribution in [0.2, 0.25) is 0 Å². The van der Waals surface area contributed by atoms with Gasteiger partial charge in [0.2, 0.25) is 0 Å². The van der Waals surface area contributed by atoms with Crippen LogP contribution in [0.3, 0.4) is 0 Å². The molecule has 2 atom stereocenters. The summed E-state index contributed by atoms with van der Waals surface area (Å²) in [6.07, 6.45) is -1.11. The number of hydrogen-bond donors (Lipinski definition) is 2. The Morgan fingerprint density at radius 2 is 1.83 bits per heavy atom. The number of amides is 1. The maximum Gasteiger partial charge on any atom is 0.312 e. The Labute approximate surface area is 133 Å². The van der Waals surface area contributed by atoms with Gasteiger partial charge in [-0.05, 0) is 18.6 Å². The fourth-order valence-electron chi connectivity index (χ4n) is 2.85. The molecule has 0 saturated heterocycles. The minimum atomic E-state index is -1.11. The number of carboxylic acid groups (broad SMARTS) is 1. The van der Waals surface area contributed by atoms with Crippen LogP contribution < -0.4 is 0 Å². The van der Waals surface area contributed by atoms with Crippen molar-refractivity contribution in [3.05, 3.63) is 70.8 Å². The normalized spacial score (nSPS) is 17.9. The van der Waals surface area contributed by atoms with Gasteiger partial charge in [-0.1, -0.05) is 48.0 Å². The number of aryl methyl sites for hydroxylation is 1. The van der Waals surface area contributed by atoms with Crippen molar-refractivity contribution in [2.24, 2.45) is 0 Å². The number of carbonyl (C=O) groups is 2. The lowest BCUT2D eigenvalue weighted by Gasteiger charge is -2.25. The van der Waals surface area contributed by atoms with Crippen LogP contribution >= 0.6 is 0 Å². The predicted octanol–water partition coefficient (Wildman–Crippen LogP) is 2.31. The number of carbonyl (C=O) groups excluding carboxylic acids is 1. The molecule has 3 rings (SSSR count). The van der Waals surface area contributed by atoms with Crippen molar-refractivity contribution in [2.45, 2.75) is 19.1 Å². The molecule has 2 aromatic carbocycles. The van der Waals surface area contributed by atoms with Gasteiger partial charge in [0.25, 0.3) is 5.91 Å². The van der Waals surface area contributed by atoms with Gasteiger partial charge >= 0.3 is 5.97 Å². The summed E-state index contributed by atoms with van der Waals surface area (Å²) in [5, 5.41) is 19.9. The van der Waals surface area contributed by atoms with Gasteiger partial charge in [0.05, 0.1) is 5.92 Å². The molecule has 2 N–H and O–H groups in total. The van der Waals surface area contributed by atoms with Gasteiger partial charge in [-0.15, -0.1) is 0 Å². The fraction of sp³-hybridized carbons (Fsp3) is 0.222. The van der Waals surface area contributed by atoms with E-state index >= 15 is 0 Å². The van der Waals surface area contributed by atoms with E-state index in [2.05, 4.69) is 0 Å². The quantitative estimate of drug-likeness (QED) is 0.908. The van der Waals surface area contributed by atoms with E-state index in [9.17, 15) is 19.8 Å². The third kappa shape index (κ3) is 2.71. The van der Waals surface area contributed by atoms with E-state index in [-0.39, 0.29) is 12.5 Å². The van der Waals surface area contributed by atoms with Gasteiger partial charge in [0.15, 0.2) is 6.23 Å². The number of benzene rings is 2. The van der Waals surface area contributed by atoms with E-state index in [1.54, 1.807) is 36.4 Å². The number of nitrogens with zero attached hydrogens (tertiary/aromatic N) is 1. The van der Waals surface area contributed by atoms with E-state index in [0.717, 1.165) is 5.56 Å². The molecular formula is C18H17NO4. The molecule has 0 aromatic heterocycles. The summed E-state index contributed by atoms with van der Waals surface area (Å²) in [6, 6.07) is 13.9. The first kappa shape index (κ1) is 15.2. The van der Waals surface area contributed by atoms with Crippen molar-refractivity contribution in [2.75, 3.05) is 6.54 Å². The first-order valence-corrected chi connectivity index (χ1v) is 7.36. The lowest BCUT2D eigenvalue weighted by molar-refractivity contribution is -0.139. The minimum absolute atomic E-state index is 0.0763. The molecule has 1 aliphatic rings. The van der Waals surface area contributed by atoms with Crippen molar-refractivity contribution in [3.63, 3.8) is 0 Å². The highest BCUT2D eigenvalue weighted by Crippen LogP contribution is 2.33. The summed E-state index contributed by atoms with van der Waals surface area (Å²) >= 11 is 0. The van der Waals surface area contributed by atoms with Gasteiger partial charge in [0.1, 0.15) is 0 Å². The molecule has 5 heteroatoms. The highest BCUT2D eigenvalue weighted by molar-refractivity contribution is 5.99. The van der Waals surface area contributed by atoms with Crippen molar-refractivity contribution in [1.29, 1.82) is 0 Å². The maximum atomic E-state index is 12.4. The van der Waals surface area contributed by atoms with E-state index in [4.69, 9.17) is 0 Å². The third-order valence-electron chi connectivity index (χ3n) is 4.18. The Bertz CT molecular complexity index is 754. The average molecular weight is 311 g/mol. The monoisotopic (exact) mass is 311 g/mol. The molecule has 5 nitrogen and oxygen atoms in total. The largest absolute Gasteiger partial charge is 0.481 e. The van der Waals surface area contributed by atoms with Gasteiger partial charge in [0, 0.05) is 17.7 Å². The first-order valence-electron chi connectivity index (χ1n) is 7.36. The number of carboxylic acids is 1. The summed E-state index contributed by atoms with van der Waals surface area (Å²) in [5.74, 6) is -2.25. The Kier molecular flexibility index (Phi) is 3.88. The SMILES string of the molecule is Cc1ccc([C@H](CN2C(=O)c3ccccc3C2O)C(=O)O)cc1. The van der Waals surface area contributed by atoms with Crippen molar-refractivity contribution in [3.8, 4) is 0 Å².